The van der Waals surface area contributed by atoms with Crippen LogP contribution < -0.4 is 10.5 Å². The Bertz CT molecular complexity index is 730. The van der Waals surface area contributed by atoms with Gasteiger partial charge in [0.05, 0.1) is 4.90 Å². The predicted octanol–water partition coefficient (Wildman–Crippen LogP) is 2.61. The Morgan fingerprint density at radius 2 is 1.86 bits per heavy atom. The maximum absolute atomic E-state index is 12.4. The second kappa shape index (κ2) is 6.27. The van der Waals surface area contributed by atoms with Crippen molar-refractivity contribution in [3.05, 3.63) is 50.7 Å². The lowest BCUT2D eigenvalue weighted by Crippen LogP contribution is -2.23. The van der Waals surface area contributed by atoms with Crippen molar-refractivity contribution in [2.24, 2.45) is 5.73 Å². The average molecular weight is 324 g/mol. The molecule has 0 saturated heterocycles. The summed E-state index contributed by atoms with van der Waals surface area (Å²) in [5.41, 5.74) is 8.30. The van der Waals surface area contributed by atoms with Gasteiger partial charge in [0, 0.05) is 22.8 Å². The number of benzene rings is 1. The highest BCUT2D eigenvalue weighted by atomic mass is 32.2. The van der Waals surface area contributed by atoms with Gasteiger partial charge in [-0.2, -0.15) is 0 Å². The Hall–Kier alpha value is -1.21. The standard InChI is InChI=1S/C15H20N2O2S2/c1-10-4-5-13(8-16)7-15(10)21(18,19)17-9-14-6-11(2)12(3)20-14/h4-7,17H,8-9,16H2,1-3H3. The smallest absolute Gasteiger partial charge is 0.241 e. The maximum atomic E-state index is 12.4. The first-order chi connectivity index (χ1) is 9.83. The van der Waals surface area contributed by atoms with E-state index in [1.54, 1.807) is 30.4 Å². The highest BCUT2D eigenvalue weighted by molar-refractivity contribution is 7.89. The number of thiophene rings is 1. The van der Waals surface area contributed by atoms with E-state index in [1.165, 1.54) is 10.4 Å². The fraction of sp³-hybridized carbons (Fsp3) is 0.333. The van der Waals surface area contributed by atoms with Crippen LogP contribution in [0.2, 0.25) is 0 Å². The van der Waals surface area contributed by atoms with Crippen molar-refractivity contribution in [3.63, 3.8) is 0 Å². The van der Waals surface area contributed by atoms with Gasteiger partial charge in [0.15, 0.2) is 0 Å². The van der Waals surface area contributed by atoms with Crippen LogP contribution >= 0.6 is 11.3 Å². The molecule has 0 atom stereocenters. The first-order valence-electron chi connectivity index (χ1n) is 6.68. The molecule has 0 aliphatic carbocycles. The van der Waals surface area contributed by atoms with Crippen LogP contribution in [0.25, 0.3) is 0 Å². The van der Waals surface area contributed by atoms with Crippen molar-refractivity contribution in [2.45, 2.75) is 38.8 Å². The van der Waals surface area contributed by atoms with Crippen LogP contribution in [0.4, 0.5) is 0 Å². The third-order valence-corrected chi connectivity index (χ3v) is 6.13. The average Bonchev–Trinajstić information content (AvgIpc) is 2.76. The minimum atomic E-state index is -3.52. The molecular weight excluding hydrogens is 304 g/mol. The van der Waals surface area contributed by atoms with Crippen molar-refractivity contribution >= 4 is 21.4 Å². The van der Waals surface area contributed by atoms with Crippen LogP contribution in [0.5, 0.6) is 0 Å². The van der Waals surface area contributed by atoms with Crippen molar-refractivity contribution in [1.29, 1.82) is 0 Å². The van der Waals surface area contributed by atoms with E-state index in [2.05, 4.69) is 4.72 Å². The zero-order valence-electron chi connectivity index (χ0n) is 12.4. The SMILES string of the molecule is Cc1ccc(CN)cc1S(=O)(=O)NCc1cc(C)c(C)s1. The molecule has 1 aromatic carbocycles. The summed E-state index contributed by atoms with van der Waals surface area (Å²) < 4.78 is 27.5. The van der Waals surface area contributed by atoms with E-state index in [9.17, 15) is 8.42 Å². The van der Waals surface area contributed by atoms with Crippen molar-refractivity contribution in [2.75, 3.05) is 0 Å². The van der Waals surface area contributed by atoms with E-state index in [0.717, 1.165) is 16.0 Å². The van der Waals surface area contributed by atoms with Gasteiger partial charge in [0.2, 0.25) is 10.0 Å². The molecule has 0 unspecified atom stereocenters. The zero-order valence-corrected chi connectivity index (χ0v) is 14.1. The van der Waals surface area contributed by atoms with Gasteiger partial charge in [-0.25, -0.2) is 13.1 Å². The molecule has 3 N–H and O–H groups in total. The lowest BCUT2D eigenvalue weighted by Gasteiger charge is -2.10. The molecule has 21 heavy (non-hydrogen) atoms. The Balaban J connectivity index is 2.22. The quantitative estimate of drug-likeness (QED) is 0.888. The summed E-state index contributed by atoms with van der Waals surface area (Å²) in [5.74, 6) is 0. The van der Waals surface area contributed by atoms with Crippen molar-refractivity contribution in [3.8, 4) is 0 Å². The van der Waals surface area contributed by atoms with E-state index in [-0.39, 0.29) is 0 Å². The molecule has 0 bridgehead atoms. The van der Waals surface area contributed by atoms with Gasteiger partial charge in [-0.05, 0) is 49.6 Å². The van der Waals surface area contributed by atoms with Gasteiger partial charge >= 0.3 is 0 Å². The van der Waals surface area contributed by atoms with Crippen molar-refractivity contribution in [1.82, 2.24) is 4.72 Å². The number of nitrogens with two attached hydrogens (primary N) is 1. The molecule has 0 fully saturated rings. The topological polar surface area (TPSA) is 72.2 Å². The Morgan fingerprint density at radius 1 is 1.14 bits per heavy atom. The Labute approximate surface area is 130 Å². The molecule has 4 nitrogen and oxygen atoms in total. The van der Waals surface area contributed by atoms with Gasteiger partial charge in [-0.3, -0.25) is 0 Å². The molecule has 0 radical (unpaired) electrons. The fourth-order valence-corrected chi connectivity index (χ4v) is 4.43. The number of aryl methyl sites for hydroxylation is 3. The number of rotatable bonds is 5. The molecule has 2 rings (SSSR count). The molecule has 1 aromatic heterocycles. The highest BCUT2D eigenvalue weighted by Crippen LogP contribution is 2.22. The molecule has 1 heterocycles. The minimum absolute atomic E-state index is 0.301. The number of hydrogen-bond donors (Lipinski definition) is 2. The maximum Gasteiger partial charge on any atom is 0.241 e. The summed E-state index contributed by atoms with van der Waals surface area (Å²) in [6.45, 7) is 6.49. The predicted molar refractivity (Wildman–Crippen MR) is 86.9 cm³/mol. The van der Waals surface area contributed by atoms with Gasteiger partial charge in [-0.15, -0.1) is 11.3 Å². The van der Waals surface area contributed by atoms with Gasteiger partial charge in [0.1, 0.15) is 0 Å². The van der Waals surface area contributed by atoms with E-state index >= 15 is 0 Å². The molecule has 114 valence electrons. The first kappa shape index (κ1) is 16.2. The monoisotopic (exact) mass is 324 g/mol. The molecule has 0 saturated carbocycles. The second-order valence-electron chi connectivity index (χ2n) is 5.08. The second-order valence-corrected chi connectivity index (χ2v) is 8.16. The summed E-state index contributed by atoms with van der Waals surface area (Å²) in [7, 11) is -3.52. The summed E-state index contributed by atoms with van der Waals surface area (Å²) in [6, 6.07) is 7.30. The summed E-state index contributed by atoms with van der Waals surface area (Å²) in [5, 5.41) is 0. The third-order valence-electron chi connectivity index (χ3n) is 3.43. The van der Waals surface area contributed by atoms with Crippen molar-refractivity contribution < 1.29 is 8.42 Å². The number of sulfonamides is 1. The van der Waals surface area contributed by atoms with E-state index in [4.69, 9.17) is 5.73 Å². The lowest BCUT2D eigenvalue weighted by molar-refractivity contribution is 0.581. The normalized spacial score (nSPS) is 11.8. The van der Waals surface area contributed by atoms with Gasteiger partial charge in [-0.1, -0.05) is 12.1 Å². The van der Waals surface area contributed by atoms with Crippen LogP contribution in [0.1, 0.15) is 26.4 Å². The number of nitrogens with one attached hydrogen (secondary N) is 1. The van der Waals surface area contributed by atoms with E-state index in [0.29, 0.717) is 18.0 Å². The third kappa shape index (κ3) is 3.71. The minimum Gasteiger partial charge on any atom is -0.326 e. The van der Waals surface area contributed by atoms with Crippen LogP contribution in [0.15, 0.2) is 29.2 Å². The van der Waals surface area contributed by atoms with E-state index < -0.39 is 10.0 Å². The molecule has 6 heteroatoms. The fourth-order valence-electron chi connectivity index (χ4n) is 2.04. The largest absolute Gasteiger partial charge is 0.326 e. The van der Waals surface area contributed by atoms with Crippen LogP contribution in [0, 0.1) is 20.8 Å². The van der Waals surface area contributed by atoms with Crippen LogP contribution in [-0.4, -0.2) is 8.42 Å². The summed E-state index contributed by atoms with van der Waals surface area (Å²) in [4.78, 5) is 2.53. The first-order valence-corrected chi connectivity index (χ1v) is 8.98. The molecule has 0 spiro atoms. The molecule has 0 aliphatic rings. The van der Waals surface area contributed by atoms with Crippen LogP contribution in [0.3, 0.4) is 0 Å². The lowest BCUT2D eigenvalue weighted by atomic mass is 10.1. The zero-order chi connectivity index (χ0) is 15.6. The molecule has 2 aromatic rings. The Morgan fingerprint density at radius 3 is 2.43 bits per heavy atom. The molecule has 0 amide bonds. The summed E-state index contributed by atoms with van der Waals surface area (Å²) in [6.07, 6.45) is 0. The molecule has 0 aliphatic heterocycles. The summed E-state index contributed by atoms with van der Waals surface area (Å²) >= 11 is 1.62. The van der Waals surface area contributed by atoms with Crippen LogP contribution in [-0.2, 0) is 23.1 Å². The number of hydrogen-bond acceptors (Lipinski definition) is 4. The highest BCUT2D eigenvalue weighted by Gasteiger charge is 2.17. The van der Waals surface area contributed by atoms with Gasteiger partial charge < -0.3 is 5.73 Å². The Kier molecular flexibility index (Phi) is 4.83. The van der Waals surface area contributed by atoms with Gasteiger partial charge in [0.25, 0.3) is 0 Å². The molecular formula is C15H20N2O2S2. The van der Waals surface area contributed by atoms with E-state index in [1.807, 2.05) is 26.0 Å².